The number of nitrogen functional groups attached to an aromatic ring is 1. The summed E-state index contributed by atoms with van der Waals surface area (Å²) in [6.07, 6.45) is 0. The molecule has 78 valence electrons. The molecule has 0 aliphatic carbocycles. The maximum Gasteiger partial charge on any atom is 0.184 e. The lowest BCUT2D eigenvalue weighted by Gasteiger charge is -2.05. The Bertz CT molecular complexity index is 427. The van der Waals surface area contributed by atoms with Gasteiger partial charge in [-0.1, -0.05) is 0 Å². The van der Waals surface area contributed by atoms with Gasteiger partial charge in [-0.2, -0.15) is 0 Å². The smallest absolute Gasteiger partial charge is 0.184 e. The molecule has 1 aromatic carbocycles. The first-order valence-electron chi connectivity index (χ1n) is 3.89. The molecule has 0 saturated carbocycles. The fraction of sp³-hybridized carbons (Fsp3) is 0.250. The van der Waals surface area contributed by atoms with E-state index in [1.807, 2.05) is 0 Å². The van der Waals surface area contributed by atoms with Crippen LogP contribution in [0.15, 0.2) is 23.1 Å². The van der Waals surface area contributed by atoms with Gasteiger partial charge in [0.1, 0.15) is 10.6 Å². The summed E-state index contributed by atoms with van der Waals surface area (Å²) >= 11 is 0. The minimum atomic E-state index is -3.64. The molecule has 4 N–H and O–H groups in total. The van der Waals surface area contributed by atoms with Gasteiger partial charge in [-0.05, 0) is 18.2 Å². The minimum Gasteiger partial charge on any atom is -0.507 e. The van der Waals surface area contributed by atoms with E-state index < -0.39 is 22.2 Å². The SMILES string of the molecule is Nc1ccc(O)c(S(=O)(=O)CCO)c1. The third kappa shape index (κ3) is 2.15. The first-order valence-corrected chi connectivity index (χ1v) is 5.54. The molecule has 0 bridgehead atoms. The number of aromatic hydroxyl groups is 1. The second kappa shape index (κ2) is 3.85. The largest absolute Gasteiger partial charge is 0.507 e. The monoisotopic (exact) mass is 217 g/mol. The van der Waals surface area contributed by atoms with Gasteiger partial charge in [0.15, 0.2) is 9.84 Å². The lowest BCUT2D eigenvalue weighted by molar-refractivity contribution is 0.319. The van der Waals surface area contributed by atoms with Crippen molar-refractivity contribution in [2.75, 3.05) is 18.1 Å². The standard InChI is InChI=1S/C8H11NO4S/c9-6-1-2-7(11)8(5-6)14(12,13)4-3-10/h1-2,5,10-11H,3-4,9H2. The first kappa shape index (κ1) is 10.8. The molecule has 14 heavy (non-hydrogen) atoms. The number of sulfone groups is 1. The van der Waals surface area contributed by atoms with Crippen molar-refractivity contribution < 1.29 is 18.6 Å². The van der Waals surface area contributed by atoms with E-state index in [4.69, 9.17) is 10.8 Å². The second-order valence-corrected chi connectivity index (χ2v) is 4.85. The average Bonchev–Trinajstić information content (AvgIpc) is 2.09. The van der Waals surface area contributed by atoms with Crippen molar-refractivity contribution in [1.29, 1.82) is 0 Å². The van der Waals surface area contributed by atoms with Gasteiger partial charge in [-0.3, -0.25) is 0 Å². The van der Waals surface area contributed by atoms with Gasteiger partial charge in [0.2, 0.25) is 0 Å². The fourth-order valence-electron chi connectivity index (χ4n) is 1.01. The van der Waals surface area contributed by atoms with Gasteiger partial charge in [-0.25, -0.2) is 8.42 Å². The summed E-state index contributed by atoms with van der Waals surface area (Å²) in [5, 5.41) is 17.8. The zero-order chi connectivity index (χ0) is 10.8. The van der Waals surface area contributed by atoms with Crippen molar-refractivity contribution in [2.45, 2.75) is 4.90 Å². The number of anilines is 1. The predicted molar refractivity (Wildman–Crippen MR) is 51.7 cm³/mol. The molecule has 0 radical (unpaired) electrons. The van der Waals surface area contributed by atoms with Crippen molar-refractivity contribution in [3.63, 3.8) is 0 Å². The van der Waals surface area contributed by atoms with Crippen LogP contribution in [0.1, 0.15) is 0 Å². The number of phenols is 1. The zero-order valence-corrected chi connectivity index (χ0v) is 8.16. The molecule has 1 rings (SSSR count). The molecule has 0 saturated heterocycles. The van der Waals surface area contributed by atoms with E-state index in [0.717, 1.165) is 0 Å². The van der Waals surface area contributed by atoms with Crippen LogP contribution in [0.4, 0.5) is 5.69 Å². The van der Waals surface area contributed by atoms with Gasteiger partial charge in [0.25, 0.3) is 0 Å². The Morgan fingerprint density at radius 2 is 2.00 bits per heavy atom. The molecule has 0 unspecified atom stereocenters. The lowest BCUT2D eigenvalue weighted by atomic mass is 10.3. The molecule has 5 nitrogen and oxygen atoms in total. The summed E-state index contributed by atoms with van der Waals surface area (Å²) in [5.74, 6) is -0.781. The Labute approximate surface area is 81.7 Å². The first-order chi connectivity index (χ1) is 6.47. The molecular weight excluding hydrogens is 206 g/mol. The van der Waals surface area contributed by atoms with Crippen LogP contribution in [-0.2, 0) is 9.84 Å². The third-order valence-electron chi connectivity index (χ3n) is 1.68. The summed E-state index contributed by atoms with van der Waals surface area (Å²) in [5.41, 5.74) is 5.63. The van der Waals surface area contributed by atoms with Crippen molar-refractivity contribution >= 4 is 15.5 Å². The summed E-state index contributed by atoms with van der Waals surface area (Å²) < 4.78 is 22.9. The van der Waals surface area contributed by atoms with Crippen molar-refractivity contribution in [2.24, 2.45) is 0 Å². The molecule has 0 atom stereocenters. The molecule has 0 spiro atoms. The normalized spacial score (nSPS) is 11.5. The number of hydrogen-bond acceptors (Lipinski definition) is 5. The van der Waals surface area contributed by atoms with Crippen LogP contribution in [0.2, 0.25) is 0 Å². The zero-order valence-electron chi connectivity index (χ0n) is 7.34. The van der Waals surface area contributed by atoms with Crippen LogP contribution in [0.3, 0.4) is 0 Å². The molecular formula is C8H11NO4S. The maximum atomic E-state index is 11.4. The predicted octanol–water partition coefficient (Wildman–Crippen LogP) is -0.260. The highest BCUT2D eigenvalue weighted by molar-refractivity contribution is 7.91. The van der Waals surface area contributed by atoms with E-state index in [2.05, 4.69) is 0 Å². The summed E-state index contributed by atoms with van der Waals surface area (Å²) in [6.45, 7) is -0.490. The van der Waals surface area contributed by atoms with E-state index >= 15 is 0 Å². The van der Waals surface area contributed by atoms with E-state index in [1.165, 1.54) is 18.2 Å². The van der Waals surface area contributed by atoms with Crippen LogP contribution in [0.25, 0.3) is 0 Å². The number of aliphatic hydroxyl groups excluding tert-OH is 1. The van der Waals surface area contributed by atoms with Gasteiger partial charge >= 0.3 is 0 Å². The molecule has 0 aliphatic rings. The Morgan fingerprint density at radius 1 is 1.36 bits per heavy atom. The fourth-order valence-corrected chi connectivity index (χ4v) is 2.17. The molecule has 6 heteroatoms. The highest BCUT2D eigenvalue weighted by Gasteiger charge is 2.18. The van der Waals surface area contributed by atoms with Crippen LogP contribution in [-0.4, -0.2) is 31.0 Å². The summed E-state index contributed by atoms with van der Waals surface area (Å²) in [6, 6.07) is 3.77. The van der Waals surface area contributed by atoms with Crippen LogP contribution in [0, 0.1) is 0 Å². The Balaban J connectivity index is 3.25. The summed E-state index contributed by atoms with van der Waals surface area (Å²) in [7, 11) is -3.64. The van der Waals surface area contributed by atoms with Crippen LogP contribution in [0.5, 0.6) is 5.75 Å². The van der Waals surface area contributed by atoms with Crippen LogP contribution < -0.4 is 5.73 Å². The van der Waals surface area contributed by atoms with E-state index in [0.29, 0.717) is 0 Å². The Morgan fingerprint density at radius 3 is 2.57 bits per heavy atom. The van der Waals surface area contributed by atoms with Crippen molar-refractivity contribution in [1.82, 2.24) is 0 Å². The number of rotatable bonds is 3. The third-order valence-corrected chi connectivity index (χ3v) is 3.40. The molecule has 0 fully saturated rings. The lowest BCUT2D eigenvalue weighted by Crippen LogP contribution is -2.10. The van der Waals surface area contributed by atoms with Crippen molar-refractivity contribution in [3.05, 3.63) is 18.2 Å². The molecule has 0 aromatic heterocycles. The average molecular weight is 217 g/mol. The molecule has 0 aliphatic heterocycles. The number of aliphatic hydroxyl groups is 1. The van der Waals surface area contributed by atoms with Gasteiger partial charge in [-0.15, -0.1) is 0 Å². The van der Waals surface area contributed by atoms with E-state index in [9.17, 15) is 13.5 Å². The number of benzene rings is 1. The minimum absolute atomic E-state index is 0.244. The topological polar surface area (TPSA) is 101 Å². The van der Waals surface area contributed by atoms with Gasteiger partial charge in [0.05, 0.1) is 12.4 Å². The van der Waals surface area contributed by atoms with Crippen molar-refractivity contribution in [3.8, 4) is 5.75 Å². The number of hydrogen-bond donors (Lipinski definition) is 3. The molecule has 0 heterocycles. The van der Waals surface area contributed by atoms with E-state index in [-0.39, 0.29) is 16.3 Å². The molecule has 0 amide bonds. The van der Waals surface area contributed by atoms with E-state index in [1.54, 1.807) is 0 Å². The maximum absolute atomic E-state index is 11.4. The molecule has 1 aromatic rings. The second-order valence-electron chi connectivity index (χ2n) is 2.77. The Hall–Kier alpha value is -1.27. The number of phenolic OH excluding ortho intramolecular Hbond substituents is 1. The summed E-state index contributed by atoms with van der Waals surface area (Å²) in [4.78, 5) is -0.244. The van der Waals surface area contributed by atoms with Gasteiger partial charge < -0.3 is 15.9 Å². The quantitative estimate of drug-likeness (QED) is 0.478. The van der Waals surface area contributed by atoms with Crippen LogP contribution >= 0.6 is 0 Å². The highest BCUT2D eigenvalue weighted by Crippen LogP contribution is 2.25. The van der Waals surface area contributed by atoms with Gasteiger partial charge in [0, 0.05) is 5.69 Å². The highest BCUT2D eigenvalue weighted by atomic mass is 32.2. The number of nitrogens with two attached hydrogens (primary N) is 1. The Kier molecular flexibility index (Phi) is 2.97.